The summed E-state index contributed by atoms with van der Waals surface area (Å²) in [6.07, 6.45) is 1.45. The smallest absolute Gasteiger partial charge is 0.338 e. The molecule has 0 unspecified atom stereocenters. The van der Waals surface area contributed by atoms with Gasteiger partial charge in [-0.1, -0.05) is 18.2 Å². The molecule has 3 aromatic carbocycles. The Morgan fingerprint density at radius 3 is 2.48 bits per heavy atom. The van der Waals surface area contributed by atoms with E-state index in [2.05, 4.69) is 43.2 Å². The number of hydrogen-bond acceptors (Lipinski definition) is 10. The molecule has 1 atom stereocenters. The summed E-state index contributed by atoms with van der Waals surface area (Å²) in [5, 5.41) is 18.4. The second kappa shape index (κ2) is 16.8. The van der Waals surface area contributed by atoms with Gasteiger partial charge < -0.3 is 34.3 Å². The van der Waals surface area contributed by atoms with Crippen molar-refractivity contribution in [2.24, 2.45) is 5.10 Å². The van der Waals surface area contributed by atoms with Crippen LogP contribution in [0.3, 0.4) is 0 Å². The lowest BCUT2D eigenvalue weighted by atomic mass is 9.95. The Bertz CT molecular complexity index is 1770. The highest BCUT2D eigenvalue weighted by atomic mass is 79.9. The number of halogens is 1. The number of allylic oxidation sites excluding steroid dienone is 1. The molecule has 0 saturated heterocycles. The largest absolute Gasteiger partial charge is 0.493 e. The lowest BCUT2D eigenvalue weighted by molar-refractivity contribution is -0.139. The fourth-order valence-electron chi connectivity index (χ4n) is 4.66. The van der Waals surface area contributed by atoms with Crippen molar-refractivity contribution >= 4 is 40.1 Å². The van der Waals surface area contributed by atoms with Gasteiger partial charge in [0.15, 0.2) is 29.6 Å². The number of rotatable bonds is 14. The molecule has 0 saturated carbocycles. The van der Waals surface area contributed by atoms with Gasteiger partial charge in [0.25, 0.3) is 5.91 Å². The number of urea groups is 1. The maximum atomic E-state index is 12.6. The van der Waals surface area contributed by atoms with Gasteiger partial charge in [-0.2, -0.15) is 10.4 Å². The number of amides is 3. The zero-order valence-electron chi connectivity index (χ0n) is 26.7. The molecular formula is C34H34BrN5O8. The highest BCUT2D eigenvalue weighted by molar-refractivity contribution is 9.10. The molecule has 3 aromatic rings. The van der Waals surface area contributed by atoms with Gasteiger partial charge in [0, 0.05) is 5.70 Å². The normalized spacial score (nSPS) is 14.0. The molecule has 13 nitrogen and oxygen atoms in total. The summed E-state index contributed by atoms with van der Waals surface area (Å²) in [6, 6.07) is 16.3. The molecule has 250 valence electrons. The summed E-state index contributed by atoms with van der Waals surface area (Å²) in [5.41, 5.74) is 5.70. The molecule has 3 N–H and O–H groups in total. The Kier molecular flexibility index (Phi) is 12.4. The average Bonchev–Trinajstić information content (AvgIpc) is 3.07. The summed E-state index contributed by atoms with van der Waals surface area (Å²) in [5.74, 6) is 0.443. The predicted octanol–water partition coefficient (Wildman–Crippen LogP) is 5.03. The van der Waals surface area contributed by atoms with Gasteiger partial charge in [-0.15, -0.1) is 0 Å². The van der Waals surface area contributed by atoms with Gasteiger partial charge in [-0.3, -0.25) is 4.79 Å². The van der Waals surface area contributed by atoms with Gasteiger partial charge in [-0.05, 0) is 89.8 Å². The Morgan fingerprint density at radius 2 is 1.79 bits per heavy atom. The zero-order valence-corrected chi connectivity index (χ0v) is 28.3. The highest BCUT2D eigenvalue weighted by Gasteiger charge is 2.32. The van der Waals surface area contributed by atoms with E-state index in [4.69, 9.17) is 28.9 Å². The number of carbonyl (C=O) groups is 3. The van der Waals surface area contributed by atoms with E-state index in [1.54, 1.807) is 56.3 Å². The number of nitriles is 1. The lowest BCUT2D eigenvalue weighted by Crippen LogP contribution is -2.45. The quantitative estimate of drug-likeness (QED) is 0.118. The molecule has 3 amide bonds. The van der Waals surface area contributed by atoms with Crippen LogP contribution in [0.5, 0.6) is 23.0 Å². The average molecular weight is 721 g/mol. The molecule has 14 heteroatoms. The number of hydrogen-bond donors (Lipinski definition) is 3. The molecule has 1 aliphatic rings. The van der Waals surface area contributed by atoms with E-state index in [-0.39, 0.29) is 36.9 Å². The van der Waals surface area contributed by atoms with Crippen LogP contribution in [0.2, 0.25) is 0 Å². The number of ether oxygens (including phenoxy) is 5. The molecule has 0 radical (unpaired) electrons. The molecule has 4 rings (SSSR count). The summed E-state index contributed by atoms with van der Waals surface area (Å²) in [4.78, 5) is 37.4. The minimum atomic E-state index is -0.787. The van der Waals surface area contributed by atoms with Crippen LogP contribution in [0.15, 0.2) is 75.4 Å². The van der Waals surface area contributed by atoms with Gasteiger partial charge in [0.05, 0.1) is 54.3 Å². The first-order chi connectivity index (χ1) is 23.2. The molecule has 0 fully saturated rings. The maximum Gasteiger partial charge on any atom is 0.338 e. The van der Waals surface area contributed by atoms with Gasteiger partial charge in [-0.25, -0.2) is 15.0 Å². The van der Waals surface area contributed by atoms with E-state index in [0.717, 1.165) is 5.56 Å². The van der Waals surface area contributed by atoms with Crippen molar-refractivity contribution < 1.29 is 38.1 Å². The van der Waals surface area contributed by atoms with Crippen molar-refractivity contribution in [3.05, 3.63) is 92.6 Å². The number of hydrazone groups is 1. The summed E-state index contributed by atoms with van der Waals surface area (Å²) < 4.78 is 28.7. The second-order valence-electron chi connectivity index (χ2n) is 10.1. The van der Waals surface area contributed by atoms with Crippen molar-refractivity contribution in [3.8, 4) is 29.1 Å². The van der Waals surface area contributed by atoms with Crippen LogP contribution in [-0.4, -0.2) is 51.1 Å². The standard InChI is InChI=1S/C34H34BrN5O8/c1-5-45-28-14-23(13-25(35)32(28)48-18-22-9-7-21(16-36)8-10-22)17-37-40-29(41)19-47-26-12-11-24(15-27(26)44-4)31-30(33(42)46-6-2)20(3)38-34(43)39-31/h7-15,17,31H,5-6,18-19H2,1-4H3,(H,40,41)(H2,38,39,43)/b37-17+/t31-/m0/s1. The maximum absolute atomic E-state index is 12.6. The monoisotopic (exact) mass is 719 g/mol. The Morgan fingerprint density at radius 1 is 1.02 bits per heavy atom. The third-order valence-corrected chi connectivity index (χ3v) is 7.43. The van der Waals surface area contributed by atoms with Gasteiger partial charge >= 0.3 is 12.0 Å². The van der Waals surface area contributed by atoms with E-state index in [1.807, 2.05) is 19.1 Å². The lowest BCUT2D eigenvalue weighted by Gasteiger charge is -2.28. The van der Waals surface area contributed by atoms with Crippen molar-refractivity contribution in [1.29, 1.82) is 5.26 Å². The first-order valence-electron chi connectivity index (χ1n) is 14.8. The van der Waals surface area contributed by atoms with Crippen LogP contribution < -0.4 is 35.0 Å². The minimum Gasteiger partial charge on any atom is -0.493 e. The summed E-state index contributed by atoms with van der Waals surface area (Å²) >= 11 is 3.52. The first kappa shape index (κ1) is 35.3. The zero-order chi connectivity index (χ0) is 34.6. The summed E-state index contributed by atoms with van der Waals surface area (Å²) in [7, 11) is 1.43. The van der Waals surface area contributed by atoms with Gasteiger partial charge in [0.1, 0.15) is 6.61 Å². The van der Waals surface area contributed by atoms with Crippen LogP contribution >= 0.6 is 15.9 Å². The predicted molar refractivity (Wildman–Crippen MR) is 179 cm³/mol. The van der Waals surface area contributed by atoms with Crippen molar-refractivity contribution in [2.75, 3.05) is 26.9 Å². The van der Waals surface area contributed by atoms with E-state index < -0.39 is 23.9 Å². The molecule has 0 aliphatic carbocycles. The van der Waals surface area contributed by atoms with Crippen LogP contribution in [0.4, 0.5) is 4.79 Å². The topological polar surface area (TPSA) is 170 Å². The third-order valence-electron chi connectivity index (χ3n) is 6.85. The van der Waals surface area contributed by atoms with Crippen LogP contribution in [0, 0.1) is 11.3 Å². The molecule has 48 heavy (non-hydrogen) atoms. The van der Waals surface area contributed by atoms with E-state index in [1.165, 1.54) is 13.3 Å². The molecule has 1 heterocycles. The third kappa shape index (κ3) is 9.04. The fraction of sp³-hybridized carbons (Fsp3) is 0.265. The number of nitrogens with zero attached hydrogens (tertiary/aromatic N) is 2. The van der Waals surface area contributed by atoms with Crippen molar-refractivity contribution in [1.82, 2.24) is 16.1 Å². The Labute approximate surface area is 286 Å². The van der Waals surface area contributed by atoms with Gasteiger partial charge in [0.2, 0.25) is 0 Å². The highest BCUT2D eigenvalue weighted by Crippen LogP contribution is 2.37. The van der Waals surface area contributed by atoms with E-state index in [9.17, 15) is 14.4 Å². The first-order valence-corrected chi connectivity index (χ1v) is 15.6. The van der Waals surface area contributed by atoms with Crippen LogP contribution in [0.25, 0.3) is 0 Å². The van der Waals surface area contributed by atoms with E-state index in [0.29, 0.717) is 45.0 Å². The number of carbonyl (C=O) groups excluding carboxylic acids is 3. The Hall–Kier alpha value is -5.55. The SMILES string of the molecule is CCOC(=O)C1=C(C)NC(=O)N[C@H]1c1ccc(OCC(=O)N/N=C/c2cc(Br)c(OCc3ccc(C#N)cc3)c(OCC)c2)c(OC)c1. The van der Waals surface area contributed by atoms with Crippen LogP contribution in [0.1, 0.15) is 49.1 Å². The summed E-state index contributed by atoms with van der Waals surface area (Å²) in [6.45, 7) is 5.63. The minimum absolute atomic E-state index is 0.174. The second-order valence-corrected chi connectivity index (χ2v) is 11.0. The number of nitrogens with one attached hydrogen (secondary N) is 3. The van der Waals surface area contributed by atoms with Crippen molar-refractivity contribution in [3.63, 3.8) is 0 Å². The number of benzene rings is 3. The molecule has 0 bridgehead atoms. The van der Waals surface area contributed by atoms with Crippen molar-refractivity contribution in [2.45, 2.75) is 33.4 Å². The molecule has 1 aliphatic heterocycles. The molecule has 0 spiro atoms. The van der Waals surface area contributed by atoms with E-state index >= 15 is 0 Å². The number of esters is 1. The fourth-order valence-corrected chi connectivity index (χ4v) is 5.23. The molecule has 0 aromatic heterocycles. The molecular weight excluding hydrogens is 686 g/mol. The number of methoxy groups -OCH3 is 1. The van der Waals surface area contributed by atoms with Crippen LogP contribution in [-0.2, 0) is 20.9 Å². The Balaban J connectivity index is 1.38.